The van der Waals surface area contributed by atoms with Crippen LogP contribution in [0.5, 0.6) is 0 Å². The molecule has 0 fully saturated rings. The van der Waals surface area contributed by atoms with Gasteiger partial charge in [0, 0.05) is 36.9 Å². The smallest absolute Gasteiger partial charge is 0.253 e. The molecule has 0 bridgehead atoms. The quantitative estimate of drug-likeness (QED) is 0.648. The van der Waals surface area contributed by atoms with Crippen LogP contribution in [0.2, 0.25) is 5.15 Å². The van der Waals surface area contributed by atoms with Crippen LogP contribution in [0.3, 0.4) is 0 Å². The molecule has 5 heteroatoms. The molecule has 4 nitrogen and oxygen atoms in total. The molecule has 0 aliphatic carbocycles. The molecule has 21 heavy (non-hydrogen) atoms. The highest BCUT2D eigenvalue weighted by Crippen LogP contribution is 2.24. The van der Waals surface area contributed by atoms with Crippen molar-refractivity contribution in [2.45, 2.75) is 45.4 Å². The van der Waals surface area contributed by atoms with E-state index in [2.05, 4.69) is 4.98 Å². The van der Waals surface area contributed by atoms with Crippen LogP contribution in [0.15, 0.2) is 12.1 Å². The van der Waals surface area contributed by atoms with Gasteiger partial charge < -0.3 is 10.0 Å². The highest BCUT2D eigenvalue weighted by Gasteiger charge is 2.20. The van der Waals surface area contributed by atoms with E-state index in [4.69, 9.17) is 16.7 Å². The third kappa shape index (κ3) is 5.64. The van der Waals surface area contributed by atoms with Gasteiger partial charge >= 0.3 is 0 Å². The maximum Gasteiger partial charge on any atom is 0.253 e. The van der Waals surface area contributed by atoms with Crippen LogP contribution in [0.1, 0.15) is 56.1 Å². The molecule has 0 aliphatic rings. The predicted octanol–water partition coefficient (Wildman–Crippen LogP) is 3.27. The molecule has 1 aromatic rings. The summed E-state index contributed by atoms with van der Waals surface area (Å²) in [6, 6.07) is 3.43. The van der Waals surface area contributed by atoms with E-state index in [1.165, 1.54) is 0 Å². The van der Waals surface area contributed by atoms with Gasteiger partial charge in [0.15, 0.2) is 0 Å². The van der Waals surface area contributed by atoms with E-state index in [9.17, 15) is 4.79 Å². The van der Waals surface area contributed by atoms with Gasteiger partial charge in [-0.2, -0.15) is 0 Å². The molecule has 0 saturated heterocycles. The Balaban J connectivity index is 2.80. The Morgan fingerprint density at radius 3 is 2.52 bits per heavy atom. The zero-order valence-corrected chi connectivity index (χ0v) is 14.1. The van der Waals surface area contributed by atoms with Crippen LogP contribution in [-0.2, 0) is 5.41 Å². The van der Waals surface area contributed by atoms with Gasteiger partial charge in [-0.25, -0.2) is 4.98 Å². The predicted molar refractivity (Wildman–Crippen MR) is 85.8 cm³/mol. The number of aliphatic hydroxyl groups is 1. The SMILES string of the molecule is CN(CCCCCO)C(=O)c1cc(Cl)nc(C(C)(C)C)c1. The Morgan fingerprint density at radius 2 is 1.95 bits per heavy atom. The minimum absolute atomic E-state index is 0.0474. The lowest BCUT2D eigenvalue weighted by atomic mass is 9.91. The summed E-state index contributed by atoms with van der Waals surface area (Å²) < 4.78 is 0. The maximum absolute atomic E-state index is 12.4. The second kappa shape index (κ2) is 7.76. The molecule has 0 atom stereocenters. The normalized spacial score (nSPS) is 11.5. The number of aliphatic hydroxyl groups excluding tert-OH is 1. The average Bonchev–Trinajstić information content (AvgIpc) is 2.41. The minimum atomic E-state index is -0.153. The van der Waals surface area contributed by atoms with Crippen LogP contribution in [0.25, 0.3) is 0 Å². The Labute approximate surface area is 132 Å². The fourth-order valence-corrected chi connectivity index (χ4v) is 2.17. The van der Waals surface area contributed by atoms with Crippen LogP contribution in [0, 0.1) is 0 Å². The van der Waals surface area contributed by atoms with Gasteiger partial charge in [0.2, 0.25) is 0 Å². The first-order valence-electron chi connectivity index (χ1n) is 7.30. The molecule has 0 spiro atoms. The molecular weight excluding hydrogens is 288 g/mol. The molecule has 1 aromatic heterocycles. The van der Waals surface area contributed by atoms with Gasteiger partial charge in [0.05, 0.1) is 0 Å². The lowest BCUT2D eigenvalue weighted by Gasteiger charge is -2.21. The number of amides is 1. The fraction of sp³-hybridized carbons (Fsp3) is 0.625. The van der Waals surface area contributed by atoms with Crippen molar-refractivity contribution in [2.75, 3.05) is 20.2 Å². The number of nitrogens with zero attached hydrogens (tertiary/aromatic N) is 2. The van der Waals surface area contributed by atoms with E-state index in [0.29, 0.717) is 17.3 Å². The number of pyridine rings is 1. The van der Waals surface area contributed by atoms with Crippen molar-refractivity contribution >= 4 is 17.5 Å². The summed E-state index contributed by atoms with van der Waals surface area (Å²) in [6.45, 7) is 6.99. The summed E-state index contributed by atoms with van der Waals surface area (Å²) in [5.74, 6) is -0.0474. The van der Waals surface area contributed by atoms with E-state index in [-0.39, 0.29) is 17.9 Å². The number of aromatic nitrogens is 1. The molecule has 1 N–H and O–H groups in total. The van der Waals surface area contributed by atoms with Crippen LogP contribution < -0.4 is 0 Å². The second-order valence-electron chi connectivity index (χ2n) is 6.32. The Morgan fingerprint density at radius 1 is 1.29 bits per heavy atom. The lowest BCUT2D eigenvalue weighted by Crippen LogP contribution is -2.28. The van der Waals surface area contributed by atoms with Gasteiger partial charge in [-0.15, -0.1) is 0 Å². The van der Waals surface area contributed by atoms with Crippen molar-refractivity contribution in [3.63, 3.8) is 0 Å². The molecule has 1 heterocycles. The minimum Gasteiger partial charge on any atom is -0.396 e. The third-order valence-corrected chi connectivity index (χ3v) is 3.50. The first kappa shape index (κ1) is 17.9. The van der Waals surface area contributed by atoms with Crippen LogP contribution in [-0.4, -0.2) is 41.1 Å². The summed E-state index contributed by atoms with van der Waals surface area (Å²) in [5, 5.41) is 9.10. The zero-order chi connectivity index (χ0) is 16.0. The van der Waals surface area contributed by atoms with Crippen LogP contribution >= 0.6 is 11.6 Å². The number of hydrogen-bond donors (Lipinski definition) is 1. The maximum atomic E-state index is 12.4. The molecule has 0 aromatic carbocycles. The topological polar surface area (TPSA) is 53.4 Å². The Hall–Kier alpha value is -1.13. The van der Waals surface area contributed by atoms with Crippen molar-refractivity contribution < 1.29 is 9.90 Å². The number of halogens is 1. The first-order chi connectivity index (χ1) is 9.75. The second-order valence-corrected chi connectivity index (χ2v) is 6.71. The number of hydrogen-bond acceptors (Lipinski definition) is 3. The molecule has 0 aliphatic heterocycles. The van der Waals surface area contributed by atoms with E-state index < -0.39 is 0 Å². The van der Waals surface area contributed by atoms with Gasteiger partial charge in [-0.1, -0.05) is 32.4 Å². The average molecular weight is 313 g/mol. The molecular formula is C16H25ClN2O2. The third-order valence-electron chi connectivity index (χ3n) is 3.31. The van der Waals surface area contributed by atoms with E-state index in [0.717, 1.165) is 25.0 Å². The molecule has 0 saturated carbocycles. The van der Waals surface area contributed by atoms with E-state index in [1.807, 2.05) is 26.8 Å². The van der Waals surface area contributed by atoms with Crippen molar-refractivity contribution in [1.29, 1.82) is 0 Å². The van der Waals surface area contributed by atoms with Gasteiger partial charge in [0.1, 0.15) is 5.15 Å². The standard InChI is InChI=1S/C16H25ClN2O2/c1-16(2,3)13-10-12(11-14(17)18-13)15(21)19(4)8-6-5-7-9-20/h10-11,20H,5-9H2,1-4H3. The molecule has 1 amide bonds. The molecule has 0 unspecified atom stereocenters. The lowest BCUT2D eigenvalue weighted by molar-refractivity contribution is 0.0792. The zero-order valence-electron chi connectivity index (χ0n) is 13.3. The largest absolute Gasteiger partial charge is 0.396 e. The van der Waals surface area contributed by atoms with Gasteiger partial charge in [-0.3, -0.25) is 4.79 Å². The first-order valence-corrected chi connectivity index (χ1v) is 7.68. The molecule has 118 valence electrons. The van der Waals surface area contributed by atoms with E-state index >= 15 is 0 Å². The number of unbranched alkanes of at least 4 members (excludes halogenated alkanes) is 2. The van der Waals surface area contributed by atoms with Crippen molar-refractivity contribution in [3.8, 4) is 0 Å². The van der Waals surface area contributed by atoms with Crippen molar-refractivity contribution in [2.24, 2.45) is 0 Å². The summed E-state index contributed by atoms with van der Waals surface area (Å²) >= 11 is 6.04. The monoisotopic (exact) mass is 312 g/mol. The van der Waals surface area contributed by atoms with Crippen LogP contribution in [0.4, 0.5) is 0 Å². The Kier molecular flexibility index (Phi) is 6.62. The summed E-state index contributed by atoms with van der Waals surface area (Å²) in [5.41, 5.74) is 1.23. The van der Waals surface area contributed by atoms with Gasteiger partial charge in [-0.05, 0) is 31.4 Å². The molecule has 1 rings (SSSR count). The fourth-order valence-electron chi connectivity index (χ4n) is 1.96. The van der Waals surface area contributed by atoms with Gasteiger partial charge in [0.25, 0.3) is 5.91 Å². The number of rotatable bonds is 6. The summed E-state index contributed by atoms with van der Waals surface area (Å²) in [4.78, 5) is 18.4. The summed E-state index contributed by atoms with van der Waals surface area (Å²) in [7, 11) is 1.78. The highest BCUT2D eigenvalue weighted by molar-refractivity contribution is 6.29. The highest BCUT2D eigenvalue weighted by atomic mass is 35.5. The summed E-state index contributed by atoms with van der Waals surface area (Å²) in [6.07, 6.45) is 2.57. The molecule has 0 radical (unpaired) electrons. The van der Waals surface area contributed by atoms with Crippen molar-refractivity contribution in [1.82, 2.24) is 9.88 Å². The number of carbonyl (C=O) groups is 1. The number of carbonyl (C=O) groups excluding carboxylic acids is 1. The van der Waals surface area contributed by atoms with Crippen molar-refractivity contribution in [3.05, 3.63) is 28.5 Å². The Bertz CT molecular complexity index is 484. The van der Waals surface area contributed by atoms with E-state index in [1.54, 1.807) is 18.0 Å².